The number of hydrogen-bond acceptors (Lipinski definition) is 3. The highest BCUT2D eigenvalue weighted by Gasteiger charge is 2.07. The molecule has 2 aromatic carbocycles. The summed E-state index contributed by atoms with van der Waals surface area (Å²) in [6.07, 6.45) is 0. The molecule has 0 atom stereocenters. The van der Waals surface area contributed by atoms with Crippen LogP contribution in [-0.2, 0) is 4.79 Å². The highest BCUT2D eigenvalue weighted by Crippen LogP contribution is 2.10. The molecule has 0 spiro atoms. The van der Waals surface area contributed by atoms with Crippen molar-refractivity contribution >= 4 is 23.4 Å². The zero-order valence-corrected chi connectivity index (χ0v) is 14.3. The minimum absolute atomic E-state index is 0.179. The molecule has 0 radical (unpaired) electrons. The van der Waals surface area contributed by atoms with Gasteiger partial charge in [0.2, 0.25) is 5.91 Å². The van der Waals surface area contributed by atoms with E-state index in [0.717, 1.165) is 5.56 Å². The SMILES string of the molecule is CC(=O)Nc1cccc(C(=O)NCCNC(=O)c2ccc(C)cc2)c1. The molecular formula is C19H21N3O3. The predicted octanol–water partition coefficient (Wildman–Crippen LogP) is 2.11. The van der Waals surface area contributed by atoms with Gasteiger partial charge in [0.15, 0.2) is 0 Å². The van der Waals surface area contributed by atoms with E-state index >= 15 is 0 Å². The second-order valence-electron chi connectivity index (χ2n) is 5.64. The maximum absolute atomic E-state index is 12.1. The van der Waals surface area contributed by atoms with Crippen LogP contribution in [0.1, 0.15) is 33.2 Å². The van der Waals surface area contributed by atoms with Crippen LogP contribution < -0.4 is 16.0 Å². The Morgan fingerprint density at radius 3 is 2.04 bits per heavy atom. The maximum atomic E-state index is 12.1. The van der Waals surface area contributed by atoms with Gasteiger partial charge in [-0.05, 0) is 37.3 Å². The number of hydrogen-bond donors (Lipinski definition) is 3. The number of nitrogens with one attached hydrogen (secondary N) is 3. The highest BCUT2D eigenvalue weighted by atomic mass is 16.2. The Hall–Kier alpha value is -3.15. The van der Waals surface area contributed by atoms with Crippen LogP contribution in [0.5, 0.6) is 0 Å². The molecule has 3 amide bonds. The van der Waals surface area contributed by atoms with Crippen LogP contribution in [0.25, 0.3) is 0 Å². The molecular weight excluding hydrogens is 318 g/mol. The molecule has 0 aliphatic rings. The molecule has 6 nitrogen and oxygen atoms in total. The molecule has 2 rings (SSSR count). The summed E-state index contributed by atoms with van der Waals surface area (Å²) in [6.45, 7) is 3.99. The first-order valence-electron chi connectivity index (χ1n) is 7.96. The molecule has 130 valence electrons. The minimum atomic E-state index is -0.267. The van der Waals surface area contributed by atoms with Gasteiger partial charge in [0.1, 0.15) is 0 Å². The zero-order valence-electron chi connectivity index (χ0n) is 14.3. The fourth-order valence-corrected chi connectivity index (χ4v) is 2.20. The van der Waals surface area contributed by atoms with Gasteiger partial charge in [-0.2, -0.15) is 0 Å². The van der Waals surface area contributed by atoms with Crippen LogP contribution in [0.15, 0.2) is 48.5 Å². The molecule has 3 N–H and O–H groups in total. The molecule has 0 aliphatic heterocycles. The smallest absolute Gasteiger partial charge is 0.251 e. The lowest BCUT2D eigenvalue weighted by molar-refractivity contribution is -0.114. The van der Waals surface area contributed by atoms with Gasteiger partial charge in [0, 0.05) is 36.8 Å². The van der Waals surface area contributed by atoms with Gasteiger partial charge in [-0.25, -0.2) is 0 Å². The van der Waals surface area contributed by atoms with E-state index in [9.17, 15) is 14.4 Å². The summed E-state index contributed by atoms with van der Waals surface area (Å²) in [5.41, 5.74) is 2.68. The third kappa shape index (κ3) is 5.76. The second kappa shape index (κ2) is 8.63. The van der Waals surface area contributed by atoms with Gasteiger partial charge >= 0.3 is 0 Å². The fourth-order valence-electron chi connectivity index (χ4n) is 2.20. The van der Waals surface area contributed by atoms with Gasteiger partial charge < -0.3 is 16.0 Å². The van der Waals surface area contributed by atoms with Crippen molar-refractivity contribution in [2.24, 2.45) is 0 Å². The van der Waals surface area contributed by atoms with E-state index in [2.05, 4.69) is 16.0 Å². The Morgan fingerprint density at radius 2 is 1.44 bits per heavy atom. The molecule has 0 saturated carbocycles. The summed E-state index contributed by atoms with van der Waals surface area (Å²) >= 11 is 0. The molecule has 0 aromatic heterocycles. The maximum Gasteiger partial charge on any atom is 0.251 e. The number of rotatable bonds is 6. The molecule has 0 unspecified atom stereocenters. The van der Waals surface area contributed by atoms with Crippen molar-refractivity contribution in [3.63, 3.8) is 0 Å². The summed E-state index contributed by atoms with van der Waals surface area (Å²) in [4.78, 5) is 35.1. The van der Waals surface area contributed by atoms with E-state index in [-0.39, 0.29) is 17.7 Å². The summed E-state index contributed by atoms with van der Waals surface area (Å²) in [6, 6.07) is 13.9. The average Bonchev–Trinajstić information content (AvgIpc) is 2.58. The van der Waals surface area contributed by atoms with Gasteiger partial charge in [0.25, 0.3) is 11.8 Å². The van der Waals surface area contributed by atoms with Crippen molar-refractivity contribution < 1.29 is 14.4 Å². The molecule has 2 aromatic rings. The minimum Gasteiger partial charge on any atom is -0.350 e. The van der Waals surface area contributed by atoms with Crippen molar-refractivity contribution in [1.82, 2.24) is 10.6 Å². The quantitative estimate of drug-likeness (QED) is 0.705. The van der Waals surface area contributed by atoms with Crippen molar-refractivity contribution in [3.8, 4) is 0 Å². The Morgan fingerprint density at radius 1 is 0.840 bits per heavy atom. The monoisotopic (exact) mass is 339 g/mol. The lowest BCUT2D eigenvalue weighted by Gasteiger charge is -2.09. The lowest BCUT2D eigenvalue weighted by atomic mass is 10.1. The Bertz CT molecular complexity index is 770. The number of amides is 3. The van der Waals surface area contributed by atoms with Crippen molar-refractivity contribution in [2.45, 2.75) is 13.8 Å². The van der Waals surface area contributed by atoms with Crippen molar-refractivity contribution in [2.75, 3.05) is 18.4 Å². The molecule has 25 heavy (non-hydrogen) atoms. The van der Waals surface area contributed by atoms with E-state index in [0.29, 0.717) is 29.9 Å². The van der Waals surface area contributed by atoms with Crippen molar-refractivity contribution in [3.05, 3.63) is 65.2 Å². The van der Waals surface area contributed by atoms with Crippen molar-refractivity contribution in [1.29, 1.82) is 0 Å². The molecule has 0 saturated heterocycles. The van der Waals surface area contributed by atoms with E-state index in [4.69, 9.17) is 0 Å². The average molecular weight is 339 g/mol. The third-order valence-electron chi connectivity index (χ3n) is 3.45. The molecule has 0 heterocycles. The second-order valence-corrected chi connectivity index (χ2v) is 5.64. The first-order valence-corrected chi connectivity index (χ1v) is 7.96. The summed E-state index contributed by atoms with van der Waals surface area (Å²) in [5.74, 6) is -0.643. The first-order chi connectivity index (χ1) is 12.0. The van der Waals surface area contributed by atoms with E-state index < -0.39 is 0 Å². The van der Waals surface area contributed by atoms with Gasteiger partial charge in [-0.3, -0.25) is 14.4 Å². The summed E-state index contributed by atoms with van der Waals surface area (Å²) in [7, 11) is 0. The van der Waals surface area contributed by atoms with E-state index in [1.807, 2.05) is 19.1 Å². The normalized spacial score (nSPS) is 10.0. The Labute approximate surface area is 146 Å². The highest BCUT2D eigenvalue weighted by molar-refractivity contribution is 5.97. The molecule has 0 fully saturated rings. The topological polar surface area (TPSA) is 87.3 Å². The van der Waals surface area contributed by atoms with Crippen LogP contribution in [0.4, 0.5) is 5.69 Å². The van der Waals surface area contributed by atoms with Gasteiger partial charge in [-0.1, -0.05) is 23.8 Å². The fraction of sp³-hybridized carbons (Fsp3) is 0.211. The Kier molecular flexibility index (Phi) is 6.28. The summed E-state index contributed by atoms with van der Waals surface area (Å²) in [5, 5.41) is 8.11. The van der Waals surface area contributed by atoms with Crippen LogP contribution in [0.2, 0.25) is 0 Å². The summed E-state index contributed by atoms with van der Waals surface area (Å²) < 4.78 is 0. The van der Waals surface area contributed by atoms with E-state index in [1.54, 1.807) is 36.4 Å². The van der Waals surface area contributed by atoms with Crippen LogP contribution >= 0.6 is 0 Å². The largest absolute Gasteiger partial charge is 0.350 e. The predicted molar refractivity (Wildman–Crippen MR) is 96.6 cm³/mol. The zero-order chi connectivity index (χ0) is 18.2. The van der Waals surface area contributed by atoms with Crippen LogP contribution in [0, 0.1) is 6.92 Å². The van der Waals surface area contributed by atoms with Gasteiger partial charge in [-0.15, -0.1) is 0 Å². The van der Waals surface area contributed by atoms with Crippen LogP contribution in [0.3, 0.4) is 0 Å². The number of anilines is 1. The Balaban J connectivity index is 1.79. The van der Waals surface area contributed by atoms with Crippen LogP contribution in [-0.4, -0.2) is 30.8 Å². The third-order valence-corrected chi connectivity index (χ3v) is 3.45. The number of carbonyl (C=O) groups excluding carboxylic acids is 3. The lowest BCUT2D eigenvalue weighted by Crippen LogP contribution is -2.34. The number of benzene rings is 2. The molecule has 6 heteroatoms. The number of carbonyl (C=O) groups is 3. The molecule has 0 aliphatic carbocycles. The standard InChI is InChI=1S/C19H21N3O3/c1-13-6-8-15(9-7-13)18(24)20-10-11-21-19(25)16-4-3-5-17(12-16)22-14(2)23/h3-9,12H,10-11H2,1-2H3,(H,20,24)(H,21,25)(H,22,23). The first kappa shape index (κ1) is 18.2. The number of aryl methyl sites for hydroxylation is 1. The van der Waals surface area contributed by atoms with E-state index in [1.165, 1.54) is 6.92 Å². The molecule has 0 bridgehead atoms. The van der Waals surface area contributed by atoms with Gasteiger partial charge in [0.05, 0.1) is 0 Å².